The minimum atomic E-state index is 0.0246. The maximum Gasteiger partial charge on any atom is 0.253 e. The van der Waals surface area contributed by atoms with E-state index in [-0.39, 0.29) is 5.91 Å². The minimum absolute atomic E-state index is 0.0246. The molecule has 1 aliphatic rings. The fourth-order valence-corrected chi connectivity index (χ4v) is 2.67. The number of unbranched alkanes of at least 4 members (excludes halogenated alkanes) is 5. The zero-order valence-electron chi connectivity index (χ0n) is 13.0. The maximum absolute atomic E-state index is 12.3. The summed E-state index contributed by atoms with van der Waals surface area (Å²) in [4.78, 5) is 12.3. The van der Waals surface area contributed by atoms with Gasteiger partial charge in [-0.15, -0.1) is 0 Å². The molecule has 3 N–H and O–H groups in total. The van der Waals surface area contributed by atoms with Gasteiger partial charge in [0.05, 0.1) is 16.9 Å². The van der Waals surface area contributed by atoms with Crippen molar-refractivity contribution in [3.8, 4) is 0 Å². The third kappa shape index (κ3) is 4.66. The fraction of sp³-hybridized carbons (Fsp3) is 0.588. The summed E-state index contributed by atoms with van der Waals surface area (Å²) in [6.45, 7) is 4.75. The van der Waals surface area contributed by atoms with Gasteiger partial charge in [0, 0.05) is 19.6 Å². The van der Waals surface area contributed by atoms with E-state index in [2.05, 4.69) is 22.9 Å². The first kappa shape index (κ1) is 15.7. The van der Waals surface area contributed by atoms with Crippen LogP contribution in [0.2, 0.25) is 0 Å². The van der Waals surface area contributed by atoms with Gasteiger partial charge in [-0.2, -0.15) is 0 Å². The monoisotopic (exact) mass is 289 g/mol. The summed E-state index contributed by atoms with van der Waals surface area (Å²) in [6.07, 6.45) is 7.45. The van der Waals surface area contributed by atoms with Crippen LogP contribution in [-0.4, -0.2) is 25.5 Å². The predicted molar refractivity (Wildman–Crippen MR) is 89.1 cm³/mol. The van der Waals surface area contributed by atoms with Gasteiger partial charge in [-0.25, -0.2) is 0 Å². The first-order valence-corrected chi connectivity index (χ1v) is 8.22. The number of nitrogens with one attached hydrogen (secondary N) is 3. The lowest BCUT2D eigenvalue weighted by Gasteiger charge is -2.22. The van der Waals surface area contributed by atoms with Crippen LogP contribution >= 0.6 is 0 Å². The van der Waals surface area contributed by atoms with Gasteiger partial charge < -0.3 is 16.0 Å². The summed E-state index contributed by atoms with van der Waals surface area (Å²) in [5.41, 5.74) is 2.70. The molecule has 0 aromatic heterocycles. The van der Waals surface area contributed by atoms with Gasteiger partial charge in [-0.05, 0) is 18.6 Å². The Morgan fingerprint density at radius 1 is 1.10 bits per heavy atom. The molecular formula is C17H27N3O. The van der Waals surface area contributed by atoms with Gasteiger partial charge in [0.25, 0.3) is 5.91 Å². The van der Waals surface area contributed by atoms with Gasteiger partial charge in [0.1, 0.15) is 0 Å². The van der Waals surface area contributed by atoms with Crippen molar-refractivity contribution < 1.29 is 4.79 Å². The van der Waals surface area contributed by atoms with Crippen LogP contribution in [0.15, 0.2) is 18.2 Å². The largest absolute Gasteiger partial charge is 0.382 e. The van der Waals surface area contributed by atoms with Gasteiger partial charge in [-0.3, -0.25) is 4.79 Å². The van der Waals surface area contributed by atoms with Crippen molar-refractivity contribution in [3.05, 3.63) is 23.8 Å². The molecule has 1 aromatic carbocycles. The number of benzene rings is 1. The minimum Gasteiger partial charge on any atom is -0.382 e. The summed E-state index contributed by atoms with van der Waals surface area (Å²) in [5, 5.41) is 9.66. The Kier molecular flexibility index (Phi) is 6.38. The zero-order valence-corrected chi connectivity index (χ0v) is 13.0. The Bertz CT molecular complexity index is 459. The molecule has 0 unspecified atom stereocenters. The third-order valence-electron chi connectivity index (χ3n) is 3.87. The molecule has 0 bridgehead atoms. The van der Waals surface area contributed by atoms with E-state index in [9.17, 15) is 4.79 Å². The van der Waals surface area contributed by atoms with E-state index in [1.807, 2.05) is 18.2 Å². The van der Waals surface area contributed by atoms with Crippen molar-refractivity contribution in [2.24, 2.45) is 0 Å². The van der Waals surface area contributed by atoms with Crippen LogP contribution in [0.4, 0.5) is 11.4 Å². The van der Waals surface area contributed by atoms with E-state index in [0.717, 1.165) is 43.0 Å². The number of amides is 1. The van der Waals surface area contributed by atoms with Crippen molar-refractivity contribution in [1.82, 2.24) is 5.32 Å². The second-order valence-corrected chi connectivity index (χ2v) is 5.61. The maximum atomic E-state index is 12.3. The first-order chi connectivity index (χ1) is 10.3. The normalized spacial score (nSPS) is 13.0. The van der Waals surface area contributed by atoms with Crippen LogP contribution < -0.4 is 16.0 Å². The van der Waals surface area contributed by atoms with Crippen molar-refractivity contribution >= 4 is 17.3 Å². The predicted octanol–water partition coefficient (Wildman–Crippen LogP) is 3.61. The quantitative estimate of drug-likeness (QED) is 0.641. The standard InChI is InChI=1S/C17H27N3O/c1-2-3-4-5-6-7-11-20-17(21)14-9-8-10-15-16(14)19-13-12-18-15/h8-10,18-19H,2-7,11-13H2,1H3,(H,20,21). The molecule has 116 valence electrons. The molecule has 0 radical (unpaired) electrons. The molecule has 0 atom stereocenters. The molecule has 2 rings (SSSR count). The number of carbonyl (C=O) groups is 1. The smallest absolute Gasteiger partial charge is 0.253 e. The topological polar surface area (TPSA) is 53.2 Å². The van der Waals surface area contributed by atoms with Crippen LogP contribution in [-0.2, 0) is 0 Å². The number of rotatable bonds is 8. The Morgan fingerprint density at radius 3 is 2.71 bits per heavy atom. The van der Waals surface area contributed by atoms with Crippen LogP contribution in [0.3, 0.4) is 0 Å². The second-order valence-electron chi connectivity index (χ2n) is 5.61. The van der Waals surface area contributed by atoms with Gasteiger partial charge >= 0.3 is 0 Å². The van der Waals surface area contributed by atoms with Crippen LogP contribution in [0.25, 0.3) is 0 Å². The molecule has 4 nitrogen and oxygen atoms in total. The van der Waals surface area contributed by atoms with E-state index in [0.29, 0.717) is 0 Å². The van der Waals surface area contributed by atoms with Gasteiger partial charge in [0.15, 0.2) is 0 Å². The van der Waals surface area contributed by atoms with Gasteiger partial charge in [0.2, 0.25) is 0 Å². The van der Waals surface area contributed by atoms with Crippen molar-refractivity contribution in [2.75, 3.05) is 30.3 Å². The first-order valence-electron chi connectivity index (χ1n) is 8.22. The summed E-state index contributed by atoms with van der Waals surface area (Å²) >= 11 is 0. The number of fused-ring (bicyclic) bond motifs is 1. The average molecular weight is 289 g/mol. The molecule has 0 saturated carbocycles. The molecule has 1 amide bonds. The molecule has 0 aliphatic carbocycles. The highest BCUT2D eigenvalue weighted by molar-refractivity contribution is 6.02. The highest BCUT2D eigenvalue weighted by Gasteiger charge is 2.16. The molecule has 0 spiro atoms. The molecular weight excluding hydrogens is 262 g/mol. The number of hydrogen-bond acceptors (Lipinski definition) is 3. The summed E-state index contributed by atoms with van der Waals surface area (Å²) < 4.78 is 0. The molecule has 0 fully saturated rings. The lowest BCUT2D eigenvalue weighted by atomic mass is 10.1. The Labute approximate surface area is 127 Å². The molecule has 21 heavy (non-hydrogen) atoms. The molecule has 1 aromatic rings. The lowest BCUT2D eigenvalue weighted by molar-refractivity contribution is 0.0953. The van der Waals surface area contributed by atoms with Crippen molar-refractivity contribution in [1.29, 1.82) is 0 Å². The summed E-state index contributed by atoms with van der Waals surface area (Å²) in [5.74, 6) is 0.0246. The van der Waals surface area contributed by atoms with Crippen LogP contribution in [0.5, 0.6) is 0 Å². The molecule has 1 heterocycles. The van der Waals surface area contributed by atoms with Gasteiger partial charge in [-0.1, -0.05) is 45.1 Å². The second kappa shape index (κ2) is 8.55. The third-order valence-corrected chi connectivity index (χ3v) is 3.87. The summed E-state index contributed by atoms with van der Waals surface area (Å²) in [6, 6.07) is 5.82. The SMILES string of the molecule is CCCCCCCCNC(=O)c1cccc2c1NCCN2. The summed E-state index contributed by atoms with van der Waals surface area (Å²) in [7, 11) is 0. The van der Waals surface area contributed by atoms with E-state index >= 15 is 0 Å². The lowest BCUT2D eigenvalue weighted by Crippen LogP contribution is -2.28. The average Bonchev–Trinajstić information content (AvgIpc) is 2.53. The number of carbonyl (C=O) groups excluding carboxylic acids is 1. The Morgan fingerprint density at radius 2 is 1.86 bits per heavy atom. The highest BCUT2D eigenvalue weighted by Crippen LogP contribution is 2.28. The molecule has 1 aliphatic heterocycles. The molecule has 0 saturated heterocycles. The fourth-order valence-electron chi connectivity index (χ4n) is 2.67. The van der Waals surface area contributed by atoms with Crippen LogP contribution in [0, 0.1) is 0 Å². The van der Waals surface area contributed by atoms with E-state index in [4.69, 9.17) is 0 Å². The Balaban J connectivity index is 1.76. The van der Waals surface area contributed by atoms with Crippen LogP contribution in [0.1, 0.15) is 55.8 Å². The number of anilines is 2. The number of hydrogen-bond donors (Lipinski definition) is 3. The van der Waals surface area contributed by atoms with Crippen molar-refractivity contribution in [2.45, 2.75) is 45.4 Å². The van der Waals surface area contributed by atoms with Crippen molar-refractivity contribution in [3.63, 3.8) is 0 Å². The Hall–Kier alpha value is -1.71. The zero-order chi connectivity index (χ0) is 14.9. The highest BCUT2D eigenvalue weighted by atomic mass is 16.1. The number of para-hydroxylation sites is 1. The molecule has 4 heteroatoms. The van der Waals surface area contributed by atoms with E-state index in [1.165, 1.54) is 32.1 Å². The van der Waals surface area contributed by atoms with E-state index in [1.54, 1.807) is 0 Å². The van der Waals surface area contributed by atoms with E-state index < -0.39 is 0 Å².